The molecular formula is C42H24OS. The van der Waals surface area contributed by atoms with E-state index in [0.717, 1.165) is 16.6 Å². The number of hydrogen-bond donors (Lipinski definition) is 0. The molecule has 0 saturated carbocycles. The van der Waals surface area contributed by atoms with Crippen LogP contribution in [0.1, 0.15) is 0 Å². The number of hydrogen-bond acceptors (Lipinski definition) is 2. The zero-order valence-corrected chi connectivity index (χ0v) is 24.5. The Morgan fingerprint density at radius 3 is 1.66 bits per heavy atom. The van der Waals surface area contributed by atoms with Crippen LogP contribution < -0.4 is 0 Å². The zero-order valence-electron chi connectivity index (χ0n) is 23.7. The van der Waals surface area contributed by atoms with Crippen molar-refractivity contribution in [2.75, 3.05) is 0 Å². The minimum absolute atomic E-state index is 0.920. The van der Waals surface area contributed by atoms with Gasteiger partial charge in [-0.25, -0.2) is 0 Å². The van der Waals surface area contributed by atoms with Gasteiger partial charge >= 0.3 is 0 Å². The quantitative estimate of drug-likeness (QED) is 0.187. The molecule has 0 fully saturated rings. The van der Waals surface area contributed by atoms with Gasteiger partial charge in [0, 0.05) is 36.5 Å². The first-order valence-electron chi connectivity index (χ1n) is 15.0. The highest BCUT2D eigenvalue weighted by atomic mass is 32.1. The van der Waals surface area contributed by atoms with Crippen molar-refractivity contribution < 1.29 is 4.42 Å². The average Bonchev–Trinajstić information content (AvgIpc) is 3.66. The van der Waals surface area contributed by atoms with Crippen LogP contribution in [0.2, 0.25) is 0 Å². The molecule has 0 radical (unpaired) electrons. The summed E-state index contributed by atoms with van der Waals surface area (Å²) < 4.78 is 9.01. The van der Waals surface area contributed by atoms with E-state index in [2.05, 4.69) is 140 Å². The molecule has 2 aromatic heterocycles. The molecule has 204 valence electrons. The van der Waals surface area contributed by atoms with Crippen LogP contribution in [0.4, 0.5) is 0 Å². The van der Waals surface area contributed by atoms with Crippen LogP contribution in [0.25, 0.3) is 96.7 Å². The van der Waals surface area contributed by atoms with Gasteiger partial charge in [0.2, 0.25) is 0 Å². The predicted molar refractivity (Wildman–Crippen MR) is 190 cm³/mol. The van der Waals surface area contributed by atoms with Crippen molar-refractivity contribution in [1.82, 2.24) is 0 Å². The first-order valence-corrected chi connectivity index (χ1v) is 15.8. The molecule has 44 heavy (non-hydrogen) atoms. The van der Waals surface area contributed by atoms with Crippen molar-refractivity contribution >= 4 is 85.8 Å². The van der Waals surface area contributed by atoms with Gasteiger partial charge in [0.05, 0.1) is 0 Å². The molecule has 0 unspecified atom stereocenters. The summed E-state index contributed by atoms with van der Waals surface area (Å²) in [5.41, 5.74) is 6.89. The van der Waals surface area contributed by atoms with E-state index < -0.39 is 0 Å². The van der Waals surface area contributed by atoms with E-state index in [9.17, 15) is 0 Å². The standard InChI is InChI=1S/C42H24OS/c1-2-12-26-25(11-1)23-24-37-41(26)34-20-9-19-33(42(34)44-37)39-29-15-5-3-13-27(29)38(28-14-4-6-16-30(28)39)32-18-10-22-36-40(32)31-17-7-8-21-35(31)43-36/h1-24H. The Morgan fingerprint density at radius 1 is 0.364 bits per heavy atom. The van der Waals surface area contributed by atoms with Crippen molar-refractivity contribution in [3.8, 4) is 22.3 Å². The number of rotatable bonds is 2. The van der Waals surface area contributed by atoms with Gasteiger partial charge in [0.15, 0.2) is 0 Å². The summed E-state index contributed by atoms with van der Waals surface area (Å²) in [6, 6.07) is 52.9. The van der Waals surface area contributed by atoms with Crippen LogP contribution in [0.5, 0.6) is 0 Å². The minimum atomic E-state index is 0.920. The van der Waals surface area contributed by atoms with Crippen molar-refractivity contribution in [1.29, 1.82) is 0 Å². The van der Waals surface area contributed by atoms with Gasteiger partial charge < -0.3 is 4.42 Å². The van der Waals surface area contributed by atoms with E-state index in [4.69, 9.17) is 4.42 Å². The number of para-hydroxylation sites is 1. The van der Waals surface area contributed by atoms with Gasteiger partial charge in [-0.2, -0.15) is 0 Å². The number of furan rings is 1. The van der Waals surface area contributed by atoms with Crippen LogP contribution in [0.15, 0.2) is 150 Å². The summed E-state index contributed by atoms with van der Waals surface area (Å²) in [5.74, 6) is 0. The second-order valence-electron chi connectivity index (χ2n) is 11.6. The summed E-state index contributed by atoms with van der Waals surface area (Å²) in [6.07, 6.45) is 0. The van der Waals surface area contributed by atoms with Crippen LogP contribution in [-0.2, 0) is 0 Å². The summed E-state index contributed by atoms with van der Waals surface area (Å²) in [7, 11) is 0. The largest absolute Gasteiger partial charge is 0.456 e. The first kappa shape index (κ1) is 24.0. The van der Waals surface area contributed by atoms with E-state index in [1.54, 1.807) is 0 Å². The lowest BCUT2D eigenvalue weighted by atomic mass is 9.84. The molecule has 10 rings (SSSR count). The summed E-state index contributed by atoms with van der Waals surface area (Å²) >= 11 is 1.91. The molecule has 0 bridgehead atoms. The molecule has 0 atom stereocenters. The fraction of sp³-hybridized carbons (Fsp3) is 0. The molecule has 1 nitrogen and oxygen atoms in total. The third-order valence-electron chi connectivity index (χ3n) is 9.26. The SMILES string of the molecule is c1ccc2c(c1)ccc1sc3c(-c4c5ccccc5c(-c5cccc6oc7ccccc7c56)c5ccccc45)cccc3c12. The summed E-state index contributed by atoms with van der Waals surface area (Å²) in [6.45, 7) is 0. The molecule has 2 heterocycles. The lowest BCUT2D eigenvalue weighted by Gasteiger charge is -2.18. The third-order valence-corrected chi connectivity index (χ3v) is 10.5. The molecule has 8 aromatic carbocycles. The van der Waals surface area contributed by atoms with Gasteiger partial charge in [0.25, 0.3) is 0 Å². The maximum Gasteiger partial charge on any atom is 0.136 e. The van der Waals surface area contributed by atoms with Gasteiger partial charge in [0.1, 0.15) is 11.2 Å². The molecule has 2 heteroatoms. The van der Waals surface area contributed by atoms with Crippen LogP contribution in [-0.4, -0.2) is 0 Å². The molecule has 0 saturated heterocycles. The molecule has 0 amide bonds. The van der Waals surface area contributed by atoms with Gasteiger partial charge in [-0.05, 0) is 67.2 Å². The molecule has 0 N–H and O–H groups in total. The lowest BCUT2D eigenvalue weighted by molar-refractivity contribution is 0.669. The summed E-state index contributed by atoms with van der Waals surface area (Å²) in [5, 5.41) is 12.6. The Bertz CT molecular complexity index is 2720. The normalized spacial score (nSPS) is 12.1. The van der Waals surface area contributed by atoms with Crippen molar-refractivity contribution in [3.63, 3.8) is 0 Å². The van der Waals surface area contributed by atoms with Crippen LogP contribution >= 0.6 is 11.3 Å². The molecular weight excluding hydrogens is 553 g/mol. The fourth-order valence-corrected chi connectivity index (χ4v) is 8.69. The topological polar surface area (TPSA) is 13.1 Å². The van der Waals surface area contributed by atoms with E-state index in [1.165, 1.54) is 80.1 Å². The van der Waals surface area contributed by atoms with Crippen molar-refractivity contribution in [2.45, 2.75) is 0 Å². The van der Waals surface area contributed by atoms with E-state index in [1.807, 2.05) is 17.4 Å². The molecule has 0 aliphatic heterocycles. The third kappa shape index (κ3) is 3.23. The monoisotopic (exact) mass is 576 g/mol. The van der Waals surface area contributed by atoms with E-state index in [0.29, 0.717) is 0 Å². The van der Waals surface area contributed by atoms with Crippen molar-refractivity contribution in [2.24, 2.45) is 0 Å². The average molecular weight is 577 g/mol. The van der Waals surface area contributed by atoms with E-state index in [-0.39, 0.29) is 0 Å². The minimum Gasteiger partial charge on any atom is -0.456 e. The predicted octanol–water partition coefficient (Wildman–Crippen LogP) is 12.7. The fourth-order valence-electron chi connectivity index (χ4n) is 7.46. The maximum atomic E-state index is 6.34. The van der Waals surface area contributed by atoms with Gasteiger partial charge in [-0.15, -0.1) is 11.3 Å². The maximum absolute atomic E-state index is 6.34. The van der Waals surface area contributed by atoms with Crippen LogP contribution in [0.3, 0.4) is 0 Å². The molecule has 0 aliphatic rings. The Morgan fingerprint density at radius 2 is 0.909 bits per heavy atom. The first-order chi connectivity index (χ1) is 21.8. The molecule has 0 aliphatic carbocycles. The smallest absolute Gasteiger partial charge is 0.136 e. The highest BCUT2D eigenvalue weighted by molar-refractivity contribution is 7.26. The number of thiophene rings is 1. The molecule has 10 aromatic rings. The van der Waals surface area contributed by atoms with Crippen molar-refractivity contribution in [3.05, 3.63) is 146 Å². The van der Waals surface area contributed by atoms with Gasteiger partial charge in [-0.1, -0.05) is 127 Å². The Balaban J connectivity index is 1.37. The Kier molecular flexibility index (Phi) is 4.94. The highest BCUT2D eigenvalue weighted by Gasteiger charge is 2.22. The molecule has 0 spiro atoms. The Hall–Kier alpha value is -5.44. The second kappa shape index (κ2) is 9.03. The zero-order chi connectivity index (χ0) is 28.8. The van der Waals surface area contributed by atoms with E-state index >= 15 is 0 Å². The Labute approximate surface area is 257 Å². The van der Waals surface area contributed by atoms with Crippen LogP contribution in [0, 0.1) is 0 Å². The number of fused-ring (bicyclic) bond motifs is 10. The highest BCUT2D eigenvalue weighted by Crippen LogP contribution is 2.50. The summed E-state index contributed by atoms with van der Waals surface area (Å²) in [4.78, 5) is 0. The van der Waals surface area contributed by atoms with Gasteiger partial charge in [-0.3, -0.25) is 0 Å². The number of benzene rings is 8. The lowest BCUT2D eigenvalue weighted by Crippen LogP contribution is -1.91. The second-order valence-corrected chi connectivity index (χ2v) is 12.6.